The molecule has 0 amide bonds. The molecule has 1 N–H and O–H groups in total. The molecule has 0 saturated carbocycles. The van der Waals surface area contributed by atoms with Gasteiger partial charge in [0.25, 0.3) is 0 Å². The van der Waals surface area contributed by atoms with Gasteiger partial charge >= 0.3 is 0 Å². The highest BCUT2D eigenvalue weighted by Crippen LogP contribution is 2.38. The van der Waals surface area contributed by atoms with E-state index in [1.165, 1.54) is 25.6 Å². The number of hydrogen-bond donors (Lipinski definition) is 1. The number of rotatable bonds is 5. The van der Waals surface area contributed by atoms with Crippen LogP contribution in [0.2, 0.25) is 5.02 Å². The summed E-state index contributed by atoms with van der Waals surface area (Å²) in [7, 11) is 1.50. The summed E-state index contributed by atoms with van der Waals surface area (Å²) in [6.45, 7) is 0.205. The minimum Gasteiger partial charge on any atom is -0.493 e. The van der Waals surface area contributed by atoms with Gasteiger partial charge in [0.15, 0.2) is 23.8 Å². The summed E-state index contributed by atoms with van der Waals surface area (Å²) in [4.78, 5) is 8.51. The number of benzene rings is 2. The van der Waals surface area contributed by atoms with Gasteiger partial charge < -0.3 is 24.3 Å². The first-order valence-corrected chi connectivity index (χ1v) is 10.00. The highest BCUT2D eigenvalue weighted by atomic mass is 35.5. The van der Waals surface area contributed by atoms with E-state index in [1.54, 1.807) is 18.2 Å². The second-order valence-corrected chi connectivity index (χ2v) is 7.70. The number of nitrogens with one attached hydrogen (secondary N) is 1. The molecule has 31 heavy (non-hydrogen) atoms. The summed E-state index contributed by atoms with van der Waals surface area (Å²) >= 11 is 5.82. The van der Waals surface area contributed by atoms with Gasteiger partial charge in [-0.3, -0.25) is 0 Å². The van der Waals surface area contributed by atoms with Crippen molar-refractivity contribution in [3.63, 3.8) is 0 Å². The van der Waals surface area contributed by atoms with E-state index in [0.29, 0.717) is 33.2 Å². The fourth-order valence-electron chi connectivity index (χ4n) is 3.82. The van der Waals surface area contributed by atoms with E-state index in [-0.39, 0.29) is 18.9 Å². The Morgan fingerprint density at radius 3 is 2.74 bits per heavy atom. The predicted molar refractivity (Wildman–Crippen MR) is 110 cm³/mol. The third-order valence-corrected chi connectivity index (χ3v) is 5.57. The zero-order chi connectivity index (χ0) is 21.5. The van der Waals surface area contributed by atoms with Gasteiger partial charge in [0, 0.05) is 16.5 Å². The highest BCUT2D eigenvalue weighted by Gasteiger charge is 2.49. The maximum Gasteiger partial charge on any atom is 0.164 e. The molecule has 2 unspecified atom stereocenters. The molecule has 0 bridgehead atoms. The fourth-order valence-corrected chi connectivity index (χ4v) is 3.97. The molecule has 10 heteroatoms. The minimum absolute atomic E-state index is 0.00639. The molecule has 2 saturated heterocycles. The Balaban J connectivity index is 1.46. The molecular formula is C21H18ClF2N3O4. The summed E-state index contributed by atoms with van der Waals surface area (Å²) in [5.41, 5.74) is 0.769. The third-order valence-electron chi connectivity index (χ3n) is 5.33. The normalized spacial score (nSPS) is 24.9. The maximum atomic E-state index is 14.2. The van der Waals surface area contributed by atoms with Gasteiger partial charge in [-0.05, 0) is 24.3 Å². The molecule has 7 nitrogen and oxygen atoms in total. The monoisotopic (exact) mass is 449 g/mol. The number of aromatic nitrogens is 2. The van der Waals surface area contributed by atoms with Crippen LogP contribution in [0.25, 0.3) is 10.9 Å². The smallest absolute Gasteiger partial charge is 0.164 e. The molecule has 3 aromatic rings. The summed E-state index contributed by atoms with van der Waals surface area (Å²) in [5.74, 6) is 0.710. The third kappa shape index (κ3) is 3.73. The van der Waals surface area contributed by atoms with Crippen molar-refractivity contribution in [2.75, 3.05) is 25.6 Å². The number of hydrogen-bond acceptors (Lipinski definition) is 7. The van der Waals surface area contributed by atoms with Crippen LogP contribution < -0.4 is 14.8 Å². The van der Waals surface area contributed by atoms with Crippen molar-refractivity contribution in [3.8, 4) is 11.5 Å². The van der Waals surface area contributed by atoms with Gasteiger partial charge in [-0.1, -0.05) is 11.6 Å². The molecule has 1 aromatic heterocycles. The number of methoxy groups -OCH3 is 1. The molecule has 0 radical (unpaired) electrons. The summed E-state index contributed by atoms with van der Waals surface area (Å²) in [6.07, 6.45) is -1.38. The van der Waals surface area contributed by atoms with Gasteiger partial charge in [0.05, 0.1) is 31.5 Å². The standard InChI is InChI=1S/C21H18ClF2N3O4/c1-28-16-5-11-15(6-17(16)31-18-8-30-19-13(24)7-29-20(18)19)25-9-26-21(11)27-14-3-2-10(22)4-12(14)23/h2-6,9,13,18-20H,7-8H2,1H3,(H,25,26,27)/t13?,18?,19-,20-/m0/s1. The fraction of sp³-hybridized carbons (Fsp3) is 0.333. The number of ether oxygens (including phenoxy) is 4. The van der Waals surface area contributed by atoms with Crippen LogP contribution in [0.15, 0.2) is 36.7 Å². The van der Waals surface area contributed by atoms with Crippen LogP contribution in [-0.4, -0.2) is 54.8 Å². The zero-order valence-corrected chi connectivity index (χ0v) is 17.1. The molecule has 0 aliphatic carbocycles. The Hall–Kier alpha value is -2.75. The second-order valence-electron chi connectivity index (χ2n) is 7.26. The van der Waals surface area contributed by atoms with E-state index in [4.69, 9.17) is 30.5 Å². The van der Waals surface area contributed by atoms with Crippen LogP contribution >= 0.6 is 11.6 Å². The van der Waals surface area contributed by atoms with Crippen molar-refractivity contribution in [3.05, 3.63) is 47.5 Å². The minimum atomic E-state index is -1.16. The predicted octanol–water partition coefficient (Wildman–Crippen LogP) is 4.06. The van der Waals surface area contributed by atoms with Crippen molar-refractivity contribution >= 4 is 34.0 Å². The van der Waals surface area contributed by atoms with Crippen molar-refractivity contribution in [1.29, 1.82) is 0 Å². The number of nitrogens with zero attached hydrogens (tertiary/aromatic N) is 2. The van der Waals surface area contributed by atoms with Crippen LogP contribution in [-0.2, 0) is 9.47 Å². The lowest BCUT2D eigenvalue weighted by molar-refractivity contribution is 0.0271. The molecule has 162 valence electrons. The van der Waals surface area contributed by atoms with Gasteiger partial charge in [-0.2, -0.15) is 0 Å². The van der Waals surface area contributed by atoms with Crippen LogP contribution in [0.1, 0.15) is 0 Å². The first-order chi connectivity index (χ1) is 15.0. The maximum absolute atomic E-state index is 14.2. The van der Waals surface area contributed by atoms with Crippen LogP contribution in [0.3, 0.4) is 0 Å². The molecule has 0 spiro atoms. The average molecular weight is 450 g/mol. The Morgan fingerprint density at radius 2 is 1.94 bits per heavy atom. The molecule has 3 heterocycles. The van der Waals surface area contributed by atoms with Crippen molar-refractivity contribution in [2.45, 2.75) is 24.5 Å². The van der Waals surface area contributed by atoms with Gasteiger partial charge in [-0.25, -0.2) is 18.7 Å². The second kappa shape index (κ2) is 8.07. The molecule has 2 fully saturated rings. The lowest BCUT2D eigenvalue weighted by Crippen LogP contribution is -2.33. The average Bonchev–Trinajstić information content (AvgIpc) is 3.33. The lowest BCUT2D eigenvalue weighted by atomic mass is 10.1. The molecule has 5 rings (SSSR count). The summed E-state index contributed by atoms with van der Waals surface area (Å²) in [5, 5.41) is 3.85. The van der Waals surface area contributed by atoms with Gasteiger partial charge in [0.1, 0.15) is 30.2 Å². The quantitative estimate of drug-likeness (QED) is 0.629. The Morgan fingerprint density at radius 1 is 1.10 bits per heavy atom. The molecule has 2 aromatic carbocycles. The molecular weight excluding hydrogens is 432 g/mol. The number of halogens is 3. The topological polar surface area (TPSA) is 74.7 Å². The number of anilines is 2. The van der Waals surface area contributed by atoms with Crippen molar-refractivity contribution in [1.82, 2.24) is 9.97 Å². The van der Waals surface area contributed by atoms with E-state index >= 15 is 0 Å². The van der Waals surface area contributed by atoms with E-state index in [0.717, 1.165) is 0 Å². The summed E-state index contributed by atoms with van der Waals surface area (Å²) in [6, 6.07) is 7.70. The van der Waals surface area contributed by atoms with Crippen LogP contribution in [0, 0.1) is 5.82 Å². The Kier molecular flexibility index (Phi) is 5.25. The van der Waals surface area contributed by atoms with Gasteiger partial charge in [0.2, 0.25) is 0 Å². The first kappa shape index (κ1) is 20.2. The largest absolute Gasteiger partial charge is 0.493 e. The zero-order valence-electron chi connectivity index (χ0n) is 16.3. The van der Waals surface area contributed by atoms with Gasteiger partial charge in [-0.15, -0.1) is 0 Å². The van der Waals surface area contributed by atoms with Crippen molar-refractivity contribution < 1.29 is 27.7 Å². The molecule has 4 atom stereocenters. The molecule has 2 aliphatic rings. The molecule has 2 aliphatic heterocycles. The first-order valence-electron chi connectivity index (χ1n) is 9.62. The lowest BCUT2D eigenvalue weighted by Gasteiger charge is -2.20. The van der Waals surface area contributed by atoms with E-state index in [9.17, 15) is 8.78 Å². The SMILES string of the molecule is COc1cc2c(Nc3ccc(Cl)cc3F)ncnc2cc1OC1CO[C@H]2C(F)CO[C@@H]12. The van der Waals surface area contributed by atoms with Crippen LogP contribution in [0.4, 0.5) is 20.3 Å². The van der Waals surface area contributed by atoms with E-state index in [2.05, 4.69) is 15.3 Å². The summed E-state index contributed by atoms with van der Waals surface area (Å²) < 4.78 is 50.6. The van der Waals surface area contributed by atoms with E-state index in [1.807, 2.05) is 0 Å². The van der Waals surface area contributed by atoms with Crippen molar-refractivity contribution in [2.24, 2.45) is 0 Å². The Labute approximate surface area is 181 Å². The Bertz CT molecular complexity index is 1140. The van der Waals surface area contributed by atoms with E-state index < -0.39 is 30.3 Å². The van der Waals surface area contributed by atoms with Crippen LogP contribution in [0.5, 0.6) is 11.5 Å². The highest BCUT2D eigenvalue weighted by molar-refractivity contribution is 6.30. The number of alkyl halides is 1. The number of fused-ring (bicyclic) bond motifs is 2.